The number of ether oxygens (including phenoxy) is 1. The first-order valence-electron chi connectivity index (χ1n) is 6.35. The van der Waals surface area contributed by atoms with Crippen LogP contribution in [0.2, 0.25) is 0 Å². The number of aryl methyl sites for hydroxylation is 1. The standard InChI is InChI=1S/C14H23N3O2/c1-10-5-6-11(9-12(10)15)16-7-8-17-13(18)19-14(2,3)4/h5-6,9,16H,7-8,15H2,1-4H3,(H,17,18). The number of rotatable bonds is 4. The van der Waals surface area contributed by atoms with Gasteiger partial charge < -0.3 is 21.1 Å². The maximum atomic E-state index is 11.4. The van der Waals surface area contributed by atoms with Crippen LogP contribution in [0.4, 0.5) is 16.2 Å². The molecule has 1 amide bonds. The third-order valence-electron chi connectivity index (χ3n) is 2.40. The molecular weight excluding hydrogens is 242 g/mol. The second kappa shape index (κ2) is 6.31. The van der Waals surface area contributed by atoms with E-state index in [9.17, 15) is 4.79 Å². The second-order valence-electron chi connectivity index (χ2n) is 5.43. The summed E-state index contributed by atoms with van der Waals surface area (Å²) in [6.07, 6.45) is -0.405. The van der Waals surface area contributed by atoms with Crippen molar-refractivity contribution in [1.82, 2.24) is 5.32 Å². The number of nitrogen functional groups attached to an aromatic ring is 1. The Balaban J connectivity index is 2.27. The van der Waals surface area contributed by atoms with Gasteiger partial charge in [0, 0.05) is 24.5 Å². The van der Waals surface area contributed by atoms with Crippen molar-refractivity contribution >= 4 is 17.5 Å². The van der Waals surface area contributed by atoms with Gasteiger partial charge in [0.1, 0.15) is 5.60 Å². The molecule has 0 aromatic heterocycles. The predicted octanol–water partition coefficient (Wildman–Crippen LogP) is 2.51. The number of amides is 1. The van der Waals surface area contributed by atoms with Gasteiger partial charge in [-0.15, -0.1) is 0 Å². The molecule has 0 aliphatic rings. The Bertz CT molecular complexity index is 439. The first kappa shape index (κ1) is 15.1. The van der Waals surface area contributed by atoms with E-state index in [0.717, 1.165) is 16.9 Å². The Hall–Kier alpha value is -1.91. The van der Waals surface area contributed by atoms with Crippen LogP contribution < -0.4 is 16.4 Å². The van der Waals surface area contributed by atoms with Gasteiger partial charge in [0.05, 0.1) is 0 Å². The molecular formula is C14H23N3O2. The molecule has 0 atom stereocenters. The van der Waals surface area contributed by atoms with Gasteiger partial charge in [-0.25, -0.2) is 4.79 Å². The van der Waals surface area contributed by atoms with Gasteiger partial charge in [0.15, 0.2) is 0 Å². The van der Waals surface area contributed by atoms with Gasteiger partial charge in [-0.1, -0.05) is 6.07 Å². The average molecular weight is 265 g/mol. The van der Waals surface area contributed by atoms with E-state index in [-0.39, 0.29) is 0 Å². The topological polar surface area (TPSA) is 76.4 Å². The number of hydrogen-bond donors (Lipinski definition) is 3. The summed E-state index contributed by atoms with van der Waals surface area (Å²) < 4.78 is 5.13. The number of carbonyl (C=O) groups excluding carboxylic acids is 1. The minimum Gasteiger partial charge on any atom is -0.444 e. The van der Waals surface area contributed by atoms with Crippen LogP contribution in [-0.2, 0) is 4.74 Å². The Morgan fingerprint density at radius 2 is 2.00 bits per heavy atom. The maximum absolute atomic E-state index is 11.4. The lowest BCUT2D eigenvalue weighted by Gasteiger charge is -2.19. The third-order valence-corrected chi connectivity index (χ3v) is 2.40. The highest BCUT2D eigenvalue weighted by Crippen LogP contribution is 2.16. The minimum absolute atomic E-state index is 0.405. The monoisotopic (exact) mass is 265 g/mol. The molecule has 106 valence electrons. The SMILES string of the molecule is Cc1ccc(NCCNC(=O)OC(C)(C)C)cc1N. The first-order chi connectivity index (χ1) is 8.78. The zero-order valence-corrected chi connectivity index (χ0v) is 12.0. The third kappa shape index (κ3) is 5.99. The number of nitrogens with two attached hydrogens (primary N) is 1. The fourth-order valence-corrected chi connectivity index (χ4v) is 1.44. The van der Waals surface area contributed by atoms with Gasteiger partial charge in [0.2, 0.25) is 0 Å². The molecule has 0 heterocycles. The molecule has 0 radical (unpaired) electrons. The number of alkyl carbamates (subject to hydrolysis) is 1. The van der Waals surface area contributed by atoms with Crippen LogP contribution >= 0.6 is 0 Å². The van der Waals surface area contributed by atoms with Crippen molar-refractivity contribution in [2.45, 2.75) is 33.3 Å². The van der Waals surface area contributed by atoms with Gasteiger partial charge >= 0.3 is 6.09 Å². The smallest absolute Gasteiger partial charge is 0.407 e. The number of nitrogens with one attached hydrogen (secondary N) is 2. The molecule has 0 fully saturated rings. The van der Waals surface area contributed by atoms with Crippen LogP contribution in [0.25, 0.3) is 0 Å². The van der Waals surface area contributed by atoms with E-state index in [1.54, 1.807) is 0 Å². The van der Waals surface area contributed by atoms with E-state index in [1.165, 1.54) is 0 Å². The zero-order chi connectivity index (χ0) is 14.5. The maximum Gasteiger partial charge on any atom is 0.407 e. The Labute approximate surface area is 114 Å². The number of hydrogen-bond acceptors (Lipinski definition) is 4. The minimum atomic E-state index is -0.469. The fraction of sp³-hybridized carbons (Fsp3) is 0.500. The lowest BCUT2D eigenvalue weighted by atomic mass is 10.2. The lowest BCUT2D eigenvalue weighted by molar-refractivity contribution is 0.0530. The summed E-state index contributed by atoms with van der Waals surface area (Å²) >= 11 is 0. The summed E-state index contributed by atoms with van der Waals surface area (Å²) in [7, 11) is 0. The highest BCUT2D eigenvalue weighted by atomic mass is 16.6. The molecule has 0 aliphatic carbocycles. The van der Waals surface area contributed by atoms with Crippen molar-refractivity contribution in [3.63, 3.8) is 0 Å². The second-order valence-corrected chi connectivity index (χ2v) is 5.43. The summed E-state index contributed by atoms with van der Waals surface area (Å²) in [6.45, 7) is 8.56. The fourth-order valence-electron chi connectivity index (χ4n) is 1.44. The van der Waals surface area contributed by atoms with Crippen LogP contribution in [0.15, 0.2) is 18.2 Å². The van der Waals surface area contributed by atoms with Crippen LogP contribution in [-0.4, -0.2) is 24.8 Å². The van der Waals surface area contributed by atoms with E-state index in [1.807, 2.05) is 45.9 Å². The summed E-state index contributed by atoms with van der Waals surface area (Å²) in [5.74, 6) is 0. The van der Waals surface area contributed by atoms with Crippen LogP contribution in [0, 0.1) is 6.92 Å². The zero-order valence-electron chi connectivity index (χ0n) is 12.0. The molecule has 0 unspecified atom stereocenters. The molecule has 0 saturated carbocycles. The Morgan fingerprint density at radius 1 is 1.32 bits per heavy atom. The van der Waals surface area contributed by atoms with Crippen molar-refractivity contribution in [2.24, 2.45) is 0 Å². The summed E-state index contributed by atoms with van der Waals surface area (Å²) in [5.41, 5.74) is 8.09. The molecule has 4 N–H and O–H groups in total. The summed E-state index contributed by atoms with van der Waals surface area (Å²) in [4.78, 5) is 11.4. The van der Waals surface area contributed by atoms with E-state index >= 15 is 0 Å². The largest absolute Gasteiger partial charge is 0.444 e. The van der Waals surface area contributed by atoms with Crippen molar-refractivity contribution < 1.29 is 9.53 Å². The van der Waals surface area contributed by atoms with Gasteiger partial charge in [-0.2, -0.15) is 0 Å². The molecule has 1 aromatic carbocycles. The van der Waals surface area contributed by atoms with Crippen LogP contribution in [0.3, 0.4) is 0 Å². The highest BCUT2D eigenvalue weighted by molar-refractivity contribution is 5.67. The molecule has 0 aliphatic heterocycles. The van der Waals surface area contributed by atoms with E-state index in [4.69, 9.17) is 10.5 Å². The molecule has 0 bridgehead atoms. The van der Waals surface area contributed by atoms with Crippen molar-refractivity contribution in [2.75, 3.05) is 24.1 Å². The number of anilines is 2. The van der Waals surface area contributed by atoms with Gasteiger partial charge in [-0.05, 0) is 45.4 Å². The summed E-state index contributed by atoms with van der Waals surface area (Å²) in [5, 5.41) is 5.86. The average Bonchev–Trinajstić information content (AvgIpc) is 2.27. The van der Waals surface area contributed by atoms with E-state index in [2.05, 4.69) is 10.6 Å². The van der Waals surface area contributed by atoms with Gasteiger partial charge in [0.25, 0.3) is 0 Å². The van der Waals surface area contributed by atoms with Crippen LogP contribution in [0.5, 0.6) is 0 Å². The molecule has 0 spiro atoms. The number of benzene rings is 1. The van der Waals surface area contributed by atoms with Crippen molar-refractivity contribution in [1.29, 1.82) is 0 Å². The Kier molecular flexibility index (Phi) is 5.03. The Morgan fingerprint density at radius 3 is 2.58 bits per heavy atom. The van der Waals surface area contributed by atoms with Crippen molar-refractivity contribution in [3.8, 4) is 0 Å². The molecule has 5 nitrogen and oxygen atoms in total. The van der Waals surface area contributed by atoms with Gasteiger partial charge in [-0.3, -0.25) is 0 Å². The highest BCUT2D eigenvalue weighted by Gasteiger charge is 2.15. The van der Waals surface area contributed by atoms with E-state index in [0.29, 0.717) is 13.1 Å². The van der Waals surface area contributed by atoms with E-state index < -0.39 is 11.7 Å². The quantitative estimate of drug-likeness (QED) is 0.577. The lowest BCUT2D eigenvalue weighted by Crippen LogP contribution is -2.34. The normalized spacial score (nSPS) is 10.9. The van der Waals surface area contributed by atoms with Crippen LogP contribution in [0.1, 0.15) is 26.3 Å². The molecule has 5 heteroatoms. The number of carbonyl (C=O) groups is 1. The molecule has 19 heavy (non-hydrogen) atoms. The first-order valence-corrected chi connectivity index (χ1v) is 6.35. The van der Waals surface area contributed by atoms with Crippen molar-refractivity contribution in [3.05, 3.63) is 23.8 Å². The molecule has 1 aromatic rings. The predicted molar refractivity (Wildman–Crippen MR) is 78.3 cm³/mol. The molecule has 0 saturated heterocycles. The summed E-state index contributed by atoms with van der Waals surface area (Å²) in [6, 6.07) is 5.79. The molecule has 1 rings (SSSR count).